The van der Waals surface area contributed by atoms with Gasteiger partial charge in [0, 0.05) is 28.5 Å². The number of fused-ring (bicyclic) bond motifs is 2. The average molecular weight is 317 g/mol. The van der Waals surface area contributed by atoms with Crippen LogP contribution in [0.1, 0.15) is 12.8 Å². The van der Waals surface area contributed by atoms with Gasteiger partial charge in [0.25, 0.3) is 0 Å². The number of anilines is 1. The van der Waals surface area contributed by atoms with E-state index in [1.807, 2.05) is 30.6 Å². The molecule has 3 heterocycles. The van der Waals surface area contributed by atoms with Gasteiger partial charge in [0.15, 0.2) is 0 Å². The Balaban J connectivity index is 1.53. The molecule has 6 heteroatoms. The van der Waals surface area contributed by atoms with Crippen molar-refractivity contribution in [1.29, 1.82) is 0 Å². The van der Waals surface area contributed by atoms with E-state index in [2.05, 4.69) is 37.6 Å². The summed E-state index contributed by atoms with van der Waals surface area (Å²) in [5.41, 5.74) is 3.97. The molecule has 118 valence electrons. The van der Waals surface area contributed by atoms with Crippen LogP contribution in [0.15, 0.2) is 42.7 Å². The number of pyridine rings is 1. The number of amides is 1. The van der Waals surface area contributed by atoms with E-state index in [0.717, 1.165) is 45.9 Å². The molecule has 0 unspecified atom stereocenters. The van der Waals surface area contributed by atoms with E-state index in [1.165, 1.54) is 0 Å². The Kier molecular flexibility index (Phi) is 2.73. The van der Waals surface area contributed by atoms with Crippen LogP contribution in [0.2, 0.25) is 0 Å². The van der Waals surface area contributed by atoms with Crippen LogP contribution in [-0.2, 0) is 4.79 Å². The summed E-state index contributed by atoms with van der Waals surface area (Å²) in [6.07, 6.45) is 5.73. The maximum absolute atomic E-state index is 11.9. The molecule has 1 fully saturated rings. The first-order valence-electron chi connectivity index (χ1n) is 8.00. The summed E-state index contributed by atoms with van der Waals surface area (Å²) in [4.78, 5) is 19.6. The molecule has 0 saturated heterocycles. The molecule has 1 aliphatic rings. The standard InChI is InChI=1S/C18H15N5O/c24-18(10-1-2-10)22-16-6-4-13-14(9-19-17(13)21-16)11-3-5-15-12(7-11)8-20-23-15/h3-10H,1-2H2,(H,20,23)(H2,19,21,22,24). The van der Waals surface area contributed by atoms with E-state index in [-0.39, 0.29) is 11.8 Å². The highest BCUT2D eigenvalue weighted by atomic mass is 16.2. The van der Waals surface area contributed by atoms with Crippen molar-refractivity contribution in [1.82, 2.24) is 20.2 Å². The van der Waals surface area contributed by atoms with Gasteiger partial charge in [0.1, 0.15) is 11.5 Å². The third-order valence-corrected chi connectivity index (χ3v) is 4.49. The lowest BCUT2D eigenvalue weighted by Gasteiger charge is -2.04. The van der Waals surface area contributed by atoms with Gasteiger partial charge in [-0.3, -0.25) is 9.89 Å². The second-order valence-corrected chi connectivity index (χ2v) is 6.23. The Morgan fingerprint density at radius 1 is 1.21 bits per heavy atom. The first-order valence-corrected chi connectivity index (χ1v) is 8.00. The van der Waals surface area contributed by atoms with Crippen molar-refractivity contribution in [3.8, 4) is 11.1 Å². The number of hydrogen-bond donors (Lipinski definition) is 3. The summed E-state index contributed by atoms with van der Waals surface area (Å²) < 4.78 is 0. The number of aromatic amines is 2. The number of benzene rings is 1. The van der Waals surface area contributed by atoms with Crippen molar-refractivity contribution < 1.29 is 4.79 Å². The number of aromatic nitrogens is 4. The molecule has 1 aliphatic carbocycles. The van der Waals surface area contributed by atoms with Gasteiger partial charge in [0.2, 0.25) is 5.91 Å². The quantitative estimate of drug-likeness (QED) is 0.541. The molecule has 3 N–H and O–H groups in total. The molecule has 3 aromatic heterocycles. The van der Waals surface area contributed by atoms with Crippen LogP contribution in [0, 0.1) is 5.92 Å². The molecule has 1 aromatic carbocycles. The Morgan fingerprint density at radius 3 is 3.00 bits per heavy atom. The lowest BCUT2D eigenvalue weighted by Crippen LogP contribution is -2.14. The molecule has 1 amide bonds. The predicted octanol–water partition coefficient (Wildman–Crippen LogP) is 3.45. The van der Waals surface area contributed by atoms with Crippen LogP contribution < -0.4 is 5.32 Å². The Labute approximate surface area is 137 Å². The fourth-order valence-corrected chi connectivity index (χ4v) is 3.00. The first-order chi connectivity index (χ1) is 11.8. The van der Waals surface area contributed by atoms with Crippen molar-refractivity contribution in [3.63, 3.8) is 0 Å². The number of nitrogens with one attached hydrogen (secondary N) is 3. The molecule has 0 aliphatic heterocycles. The summed E-state index contributed by atoms with van der Waals surface area (Å²) in [6, 6.07) is 10.0. The van der Waals surface area contributed by atoms with E-state index >= 15 is 0 Å². The summed E-state index contributed by atoms with van der Waals surface area (Å²) in [5.74, 6) is 0.834. The molecule has 0 radical (unpaired) electrons. The van der Waals surface area contributed by atoms with E-state index in [4.69, 9.17) is 0 Å². The van der Waals surface area contributed by atoms with Gasteiger partial charge < -0.3 is 10.3 Å². The molecule has 24 heavy (non-hydrogen) atoms. The highest BCUT2D eigenvalue weighted by Gasteiger charge is 2.29. The average Bonchev–Trinajstić information content (AvgIpc) is 3.20. The van der Waals surface area contributed by atoms with Crippen LogP contribution in [-0.4, -0.2) is 26.1 Å². The smallest absolute Gasteiger partial charge is 0.228 e. The second kappa shape index (κ2) is 4.92. The van der Waals surface area contributed by atoms with Crippen LogP contribution in [0.4, 0.5) is 5.82 Å². The molecular weight excluding hydrogens is 302 g/mol. The minimum atomic E-state index is 0.0686. The van der Waals surface area contributed by atoms with E-state index in [1.54, 1.807) is 0 Å². The Morgan fingerprint density at radius 2 is 2.12 bits per heavy atom. The molecule has 5 rings (SSSR count). The van der Waals surface area contributed by atoms with Crippen LogP contribution in [0.3, 0.4) is 0 Å². The SMILES string of the molecule is O=C(Nc1ccc2c(-c3ccc4[nH]ncc4c3)c[nH]c2n1)C1CC1. The molecular formula is C18H15N5O. The fourth-order valence-electron chi connectivity index (χ4n) is 3.00. The third-order valence-electron chi connectivity index (χ3n) is 4.49. The molecule has 0 atom stereocenters. The number of hydrogen-bond acceptors (Lipinski definition) is 3. The Bertz CT molecular complexity index is 1070. The number of carbonyl (C=O) groups excluding carboxylic acids is 1. The van der Waals surface area contributed by atoms with Crippen LogP contribution in [0.25, 0.3) is 33.1 Å². The van der Waals surface area contributed by atoms with Gasteiger partial charge in [0.05, 0.1) is 11.7 Å². The highest BCUT2D eigenvalue weighted by molar-refractivity contribution is 5.98. The summed E-state index contributed by atoms with van der Waals surface area (Å²) >= 11 is 0. The lowest BCUT2D eigenvalue weighted by atomic mass is 10.0. The molecule has 0 bridgehead atoms. The summed E-state index contributed by atoms with van der Waals surface area (Å²) in [7, 11) is 0. The van der Waals surface area contributed by atoms with Crippen LogP contribution >= 0.6 is 0 Å². The van der Waals surface area contributed by atoms with E-state index < -0.39 is 0 Å². The zero-order chi connectivity index (χ0) is 16.1. The number of rotatable bonds is 3. The van der Waals surface area contributed by atoms with Gasteiger partial charge >= 0.3 is 0 Å². The number of nitrogens with zero attached hydrogens (tertiary/aromatic N) is 2. The van der Waals surface area contributed by atoms with Crippen molar-refractivity contribution in [2.45, 2.75) is 12.8 Å². The Hall–Kier alpha value is -3.15. The molecule has 0 spiro atoms. The first kappa shape index (κ1) is 13.3. The predicted molar refractivity (Wildman–Crippen MR) is 92.5 cm³/mol. The van der Waals surface area contributed by atoms with Crippen molar-refractivity contribution in [2.75, 3.05) is 5.32 Å². The maximum atomic E-state index is 11.9. The van der Waals surface area contributed by atoms with Gasteiger partial charge in [-0.25, -0.2) is 4.98 Å². The maximum Gasteiger partial charge on any atom is 0.228 e. The van der Waals surface area contributed by atoms with E-state index in [9.17, 15) is 4.79 Å². The van der Waals surface area contributed by atoms with Gasteiger partial charge in [-0.1, -0.05) is 6.07 Å². The molecule has 1 saturated carbocycles. The fraction of sp³-hybridized carbons (Fsp3) is 0.167. The number of H-pyrrole nitrogens is 2. The lowest BCUT2D eigenvalue weighted by molar-refractivity contribution is -0.117. The van der Waals surface area contributed by atoms with Gasteiger partial charge in [-0.05, 0) is 42.7 Å². The van der Waals surface area contributed by atoms with E-state index in [0.29, 0.717) is 5.82 Å². The van der Waals surface area contributed by atoms with Gasteiger partial charge in [-0.2, -0.15) is 5.10 Å². The summed E-state index contributed by atoms with van der Waals surface area (Å²) in [6.45, 7) is 0. The van der Waals surface area contributed by atoms with Crippen LogP contribution in [0.5, 0.6) is 0 Å². The highest BCUT2D eigenvalue weighted by Crippen LogP contribution is 2.32. The monoisotopic (exact) mass is 317 g/mol. The largest absolute Gasteiger partial charge is 0.345 e. The molecule has 4 aromatic rings. The zero-order valence-electron chi connectivity index (χ0n) is 12.8. The van der Waals surface area contributed by atoms with Crippen molar-refractivity contribution >= 4 is 33.7 Å². The minimum absolute atomic E-state index is 0.0686. The zero-order valence-corrected chi connectivity index (χ0v) is 12.8. The third kappa shape index (κ3) is 2.15. The normalized spacial score (nSPS) is 14.3. The summed E-state index contributed by atoms with van der Waals surface area (Å²) in [5, 5.41) is 12.0. The minimum Gasteiger partial charge on any atom is -0.345 e. The second-order valence-electron chi connectivity index (χ2n) is 6.23. The number of carbonyl (C=O) groups is 1. The van der Waals surface area contributed by atoms with Crippen molar-refractivity contribution in [3.05, 3.63) is 42.7 Å². The van der Waals surface area contributed by atoms with Crippen molar-refractivity contribution in [2.24, 2.45) is 5.92 Å². The molecule has 6 nitrogen and oxygen atoms in total. The van der Waals surface area contributed by atoms with Gasteiger partial charge in [-0.15, -0.1) is 0 Å². The topological polar surface area (TPSA) is 86.5 Å².